The predicted molar refractivity (Wildman–Crippen MR) is 43.3 cm³/mol. The summed E-state index contributed by atoms with van der Waals surface area (Å²) in [4.78, 5) is 0. The number of hydrogen-bond acceptors (Lipinski definition) is 3. The van der Waals surface area contributed by atoms with E-state index in [1.807, 2.05) is 13.8 Å². The molecule has 1 aliphatic rings. The Hall–Kier alpha value is -0.120. The van der Waals surface area contributed by atoms with Crippen molar-refractivity contribution < 1.29 is 10.2 Å². The van der Waals surface area contributed by atoms with Crippen LogP contribution in [0.2, 0.25) is 0 Å². The lowest BCUT2D eigenvalue weighted by Crippen LogP contribution is -2.42. The van der Waals surface area contributed by atoms with Gasteiger partial charge in [0.05, 0.1) is 12.2 Å². The zero-order chi connectivity index (χ0) is 8.43. The maximum atomic E-state index is 9.39. The lowest BCUT2D eigenvalue weighted by atomic mass is 10.2. The molecule has 0 aromatic rings. The second kappa shape index (κ2) is 3.52. The van der Waals surface area contributed by atoms with Gasteiger partial charge in [-0.2, -0.15) is 0 Å². The van der Waals surface area contributed by atoms with Gasteiger partial charge in [-0.15, -0.1) is 0 Å². The molecule has 3 atom stereocenters. The summed E-state index contributed by atoms with van der Waals surface area (Å²) in [5.74, 6) is 0. The Kier molecular flexibility index (Phi) is 2.87. The first-order valence-electron chi connectivity index (χ1n) is 4.23. The van der Waals surface area contributed by atoms with E-state index in [2.05, 4.69) is 5.32 Å². The molecule has 1 saturated carbocycles. The van der Waals surface area contributed by atoms with Crippen LogP contribution in [0.1, 0.15) is 26.7 Å². The van der Waals surface area contributed by atoms with Gasteiger partial charge in [0.15, 0.2) is 0 Å². The fourth-order valence-electron chi connectivity index (χ4n) is 1.57. The zero-order valence-corrected chi connectivity index (χ0v) is 7.12. The summed E-state index contributed by atoms with van der Waals surface area (Å²) in [5.41, 5.74) is 0. The van der Waals surface area contributed by atoms with Gasteiger partial charge in [0.25, 0.3) is 0 Å². The molecule has 3 heteroatoms. The van der Waals surface area contributed by atoms with Crippen molar-refractivity contribution in [1.29, 1.82) is 0 Å². The van der Waals surface area contributed by atoms with Gasteiger partial charge in [-0.3, -0.25) is 0 Å². The zero-order valence-electron chi connectivity index (χ0n) is 7.12. The molecule has 3 N–H and O–H groups in total. The first-order valence-corrected chi connectivity index (χ1v) is 4.23. The Labute approximate surface area is 67.4 Å². The maximum absolute atomic E-state index is 9.39. The van der Waals surface area contributed by atoms with Crippen molar-refractivity contribution in [2.24, 2.45) is 0 Å². The summed E-state index contributed by atoms with van der Waals surface area (Å²) in [7, 11) is 0. The molecule has 0 aromatic carbocycles. The standard InChI is InChI=1S/C8H17NO2/c1-5(2)9-6-3-4-7(10)8(6)11/h5-11H,3-4H2,1-2H3/t6-,7+,8-/m0/s1. The third kappa shape index (κ3) is 2.15. The highest BCUT2D eigenvalue weighted by Crippen LogP contribution is 2.19. The maximum Gasteiger partial charge on any atom is 0.0951 e. The lowest BCUT2D eigenvalue weighted by Gasteiger charge is -2.20. The summed E-state index contributed by atoms with van der Waals surface area (Å²) in [6.45, 7) is 4.08. The van der Waals surface area contributed by atoms with Gasteiger partial charge in [-0.1, -0.05) is 13.8 Å². The Morgan fingerprint density at radius 1 is 1.27 bits per heavy atom. The second-order valence-electron chi connectivity index (χ2n) is 3.56. The predicted octanol–water partition coefficient (Wildman–Crippen LogP) is -0.131. The number of rotatable bonds is 2. The van der Waals surface area contributed by atoms with Crippen LogP contribution in [0.25, 0.3) is 0 Å². The molecule has 0 saturated heterocycles. The van der Waals surface area contributed by atoms with Gasteiger partial charge < -0.3 is 15.5 Å². The van der Waals surface area contributed by atoms with Gasteiger partial charge in [-0.25, -0.2) is 0 Å². The van der Waals surface area contributed by atoms with Crippen LogP contribution >= 0.6 is 0 Å². The molecule has 0 aromatic heterocycles. The fourth-order valence-corrected chi connectivity index (χ4v) is 1.57. The molecule has 0 spiro atoms. The molecule has 0 aliphatic heterocycles. The topological polar surface area (TPSA) is 52.5 Å². The van der Waals surface area contributed by atoms with Crippen molar-refractivity contribution in [3.8, 4) is 0 Å². The van der Waals surface area contributed by atoms with E-state index >= 15 is 0 Å². The van der Waals surface area contributed by atoms with Crippen molar-refractivity contribution in [2.45, 2.75) is 51.0 Å². The molecule has 0 bridgehead atoms. The molecular weight excluding hydrogens is 142 g/mol. The van der Waals surface area contributed by atoms with Crippen LogP contribution in [-0.4, -0.2) is 34.5 Å². The molecule has 0 radical (unpaired) electrons. The summed E-state index contributed by atoms with van der Waals surface area (Å²) in [6, 6.07) is 0.463. The Morgan fingerprint density at radius 3 is 2.27 bits per heavy atom. The van der Waals surface area contributed by atoms with E-state index in [1.165, 1.54) is 0 Å². The van der Waals surface area contributed by atoms with Crippen LogP contribution < -0.4 is 5.32 Å². The van der Waals surface area contributed by atoms with Crippen LogP contribution in [-0.2, 0) is 0 Å². The number of nitrogens with one attached hydrogen (secondary N) is 1. The monoisotopic (exact) mass is 159 g/mol. The van der Waals surface area contributed by atoms with Crippen molar-refractivity contribution in [3.05, 3.63) is 0 Å². The van der Waals surface area contributed by atoms with Gasteiger partial charge in [-0.05, 0) is 12.8 Å². The smallest absolute Gasteiger partial charge is 0.0951 e. The molecular formula is C8H17NO2. The second-order valence-corrected chi connectivity index (χ2v) is 3.56. The number of hydrogen-bond donors (Lipinski definition) is 3. The van der Waals surface area contributed by atoms with Crippen LogP contribution in [0, 0.1) is 0 Å². The molecule has 1 rings (SSSR count). The molecule has 0 unspecified atom stereocenters. The minimum atomic E-state index is -0.572. The van der Waals surface area contributed by atoms with E-state index in [4.69, 9.17) is 0 Å². The van der Waals surface area contributed by atoms with Crippen molar-refractivity contribution in [1.82, 2.24) is 5.32 Å². The quantitative estimate of drug-likeness (QED) is 0.526. The fraction of sp³-hybridized carbons (Fsp3) is 1.00. The normalized spacial score (nSPS) is 38.5. The van der Waals surface area contributed by atoms with E-state index in [1.54, 1.807) is 0 Å². The molecule has 3 nitrogen and oxygen atoms in total. The van der Waals surface area contributed by atoms with Crippen molar-refractivity contribution >= 4 is 0 Å². The van der Waals surface area contributed by atoms with Gasteiger partial charge in [0, 0.05) is 12.1 Å². The third-order valence-corrected chi connectivity index (χ3v) is 2.13. The van der Waals surface area contributed by atoms with E-state index in [-0.39, 0.29) is 6.04 Å². The highest BCUT2D eigenvalue weighted by atomic mass is 16.3. The van der Waals surface area contributed by atoms with Crippen LogP contribution in [0.3, 0.4) is 0 Å². The van der Waals surface area contributed by atoms with Gasteiger partial charge >= 0.3 is 0 Å². The Balaban J connectivity index is 2.36. The first-order chi connectivity index (χ1) is 5.11. The van der Waals surface area contributed by atoms with Crippen molar-refractivity contribution in [2.75, 3.05) is 0 Å². The van der Waals surface area contributed by atoms with Crippen LogP contribution in [0.5, 0.6) is 0 Å². The van der Waals surface area contributed by atoms with Crippen molar-refractivity contribution in [3.63, 3.8) is 0 Å². The van der Waals surface area contributed by atoms with Gasteiger partial charge in [0.2, 0.25) is 0 Å². The molecule has 11 heavy (non-hydrogen) atoms. The summed E-state index contributed by atoms with van der Waals surface area (Å²) in [6.07, 6.45) is 0.496. The van der Waals surface area contributed by atoms with Crippen LogP contribution in [0.4, 0.5) is 0 Å². The summed E-state index contributed by atoms with van der Waals surface area (Å²) >= 11 is 0. The van der Waals surface area contributed by atoms with Crippen LogP contribution in [0.15, 0.2) is 0 Å². The number of aliphatic hydroxyl groups is 2. The molecule has 1 fully saturated rings. The van der Waals surface area contributed by atoms with E-state index < -0.39 is 12.2 Å². The van der Waals surface area contributed by atoms with Gasteiger partial charge in [0.1, 0.15) is 0 Å². The summed E-state index contributed by atoms with van der Waals surface area (Å²) in [5, 5.41) is 21.8. The van der Waals surface area contributed by atoms with E-state index in [9.17, 15) is 10.2 Å². The molecule has 0 heterocycles. The minimum absolute atomic E-state index is 0.0880. The average Bonchev–Trinajstić information content (AvgIpc) is 2.18. The SMILES string of the molecule is CC(C)N[C@H]1CC[C@@H](O)[C@H]1O. The molecule has 0 amide bonds. The molecule has 66 valence electrons. The largest absolute Gasteiger partial charge is 0.390 e. The van der Waals surface area contributed by atoms with E-state index in [0.717, 1.165) is 6.42 Å². The Bertz CT molecular complexity index is 127. The average molecular weight is 159 g/mol. The number of aliphatic hydroxyl groups excluding tert-OH is 2. The van der Waals surface area contributed by atoms with E-state index in [0.29, 0.717) is 12.5 Å². The highest BCUT2D eigenvalue weighted by Gasteiger charge is 2.33. The lowest BCUT2D eigenvalue weighted by molar-refractivity contribution is 0.0289. The minimum Gasteiger partial charge on any atom is -0.390 e. The Morgan fingerprint density at radius 2 is 1.91 bits per heavy atom. The third-order valence-electron chi connectivity index (χ3n) is 2.13. The molecule has 1 aliphatic carbocycles. The first kappa shape index (κ1) is 8.97. The summed E-state index contributed by atoms with van der Waals surface area (Å²) < 4.78 is 0. The highest BCUT2D eigenvalue weighted by molar-refractivity contribution is 4.89.